The molecule has 0 bridgehead atoms. The molecule has 0 amide bonds. The maximum atomic E-state index is 13.4. The molecule has 2 aromatic rings. The summed E-state index contributed by atoms with van der Waals surface area (Å²) >= 11 is 2.95. The van der Waals surface area contributed by atoms with Crippen molar-refractivity contribution in [3.63, 3.8) is 0 Å². The molecular weight excluding hydrogens is 356 g/mol. The van der Waals surface area contributed by atoms with Crippen molar-refractivity contribution in [3.05, 3.63) is 63.9 Å². The molecule has 0 aliphatic rings. The Bertz CT molecular complexity index is 683. The molecule has 21 heavy (non-hydrogen) atoms. The maximum Gasteiger partial charge on any atom is 0.573 e. The summed E-state index contributed by atoms with van der Waals surface area (Å²) in [4.78, 5) is 12.1. The number of carbonyl (C=O) groups excluding carboxylic acids is 1. The zero-order chi connectivity index (χ0) is 15.6. The molecule has 7 heteroatoms. The lowest BCUT2D eigenvalue weighted by atomic mass is 10.0. The molecule has 110 valence electrons. The Morgan fingerprint density at radius 1 is 1.05 bits per heavy atom. The van der Waals surface area contributed by atoms with Crippen LogP contribution in [0.3, 0.4) is 0 Å². The van der Waals surface area contributed by atoms with E-state index in [0.29, 0.717) is 0 Å². The molecule has 0 spiro atoms. The number of hydrogen-bond donors (Lipinski definition) is 0. The zero-order valence-corrected chi connectivity index (χ0v) is 11.8. The van der Waals surface area contributed by atoms with Gasteiger partial charge >= 0.3 is 6.36 Å². The van der Waals surface area contributed by atoms with Gasteiger partial charge in [0.25, 0.3) is 0 Å². The van der Waals surface area contributed by atoms with Gasteiger partial charge in [0, 0.05) is 11.1 Å². The Morgan fingerprint density at radius 2 is 1.71 bits per heavy atom. The second-order valence-electron chi connectivity index (χ2n) is 4.03. The highest BCUT2D eigenvalue weighted by Gasteiger charge is 2.31. The molecular formula is C14H7BrF4O2. The van der Waals surface area contributed by atoms with Crippen LogP contribution >= 0.6 is 15.9 Å². The lowest BCUT2D eigenvalue weighted by Gasteiger charge is -2.09. The molecule has 0 radical (unpaired) electrons. The van der Waals surface area contributed by atoms with Gasteiger partial charge in [-0.25, -0.2) is 4.39 Å². The van der Waals surface area contributed by atoms with E-state index in [2.05, 4.69) is 20.7 Å². The van der Waals surface area contributed by atoms with Crippen molar-refractivity contribution in [2.45, 2.75) is 6.36 Å². The molecule has 0 saturated carbocycles. The van der Waals surface area contributed by atoms with Crippen molar-refractivity contribution < 1.29 is 27.1 Å². The number of carbonyl (C=O) groups is 1. The quantitative estimate of drug-likeness (QED) is 0.583. The summed E-state index contributed by atoms with van der Waals surface area (Å²) in [7, 11) is 0. The van der Waals surface area contributed by atoms with Crippen LogP contribution in [0.25, 0.3) is 0 Å². The maximum absolute atomic E-state index is 13.4. The number of alkyl halides is 3. The lowest BCUT2D eigenvalue weighted by Crippen LogP contribution is -2.17. The Hall–Kier alpha value is -1.89. The van der Waals surface area contributed by atoms with Crippen molar-refractivity contribution in [3.8, 4) is 5.75 Å². The van der Waals surface area contributed by atoms with Gasteiger partial charge in [-0.2, -0.15) is 0 Å². The summed E-state index contributed by atoms with van der Waals surface area (Å²) < 4.78 is 53.7. The van der Waals surface area contributed by atoms with Crippen LogP contribution < -0.4 is 4.74 Å². The van der Waals surface area contributed by atoms with Crippen LogP contribution in [0.4, 0.5) is 17.6 Å². The van der Waals surface area contributed by atoms with E-state index in [-0.39, 0.29) is 15.6 Å². The Morgan fingerprint density at radius 3 is 2.33 bits per heavy atom. The highest BCUT2D eigenvalue weighted by Crippen LogP contribution is 2.25. The van der Waals surface area contributed by atoms with Crippen LogP contribution in [0.5, 0.6) is 5.75 Å². The van der Waals surface area contributed by atoms with Gasteiger partial charge in [-0.05, 0) is 46.3 Å². The average Bonchev–Trinajstić information content (AvgIpc) is 2.39. The third-order valence-corrected chi connectivity index (χ3v) is 3.15. The summed E-state index contributed by atoms with van der Waals surface area (Å²) in [5, 5.41) is 0. The minimum Gasteiger partial charge on any atom is -0.406 e. The Kier molecular flexibility index (Phi) is 4.32. The third kappa shape index (κ3) is 4.04. The normalized spacial score (nSPS) is 11.3. The van der Waals surface area contributed by atoms with Crippen LogP contribution in [-0.4, -0.2) is 12.1 Å². The molecule has 0 aliphatic heterocycles. The molecule has 2 rings (SSSR count). The Labute approximate surface area is 125 Å². The molecule has 2 nitrogen and oxygen atoms in total. The van der Waals surface area contributed by atoms with E-state index in [9.17, 15) is 22.4 Å². The number of halogens is 5. The van der Waals surface area contributed by atoms with E-state index >= 15 is 0 Å². The number of rotatable bonds is 3. The van der Waals surface area contributed by atoms with Crippen LogP contribution in [0.15, 0.2) is 46.9 Å². The lowest BCUT2D eigenvalue weighted by molar-refractivity contribution is -0.274. The first kappa shape index (κ1) is 15.5. The van der Waals surface area contributed by atoms with Crippen molar-refractivity contribution in [2.24, 2.45) is 0 Å². The molecule has 0 heterocycles. The first-order valence-corrected chi connectivity index (χ1v) is 6.41. The van der Waals surface area contributed by atoms with Crippen LogP contribution in [0.2, 0.25) is 0 Å². The number of ketones is 1. The third-order valence-electron chi connectivity index (χ3n) is 2.51. The van der Waals surface area contributed by atoms with E-state index in [0.717, 1.165) is 18.2 Å². The van der Waals surface area contributed by atoms with Crippen molar-refractivity contribution in [2.75, 3.05) is 0 Å². The summed E-state index contributed by atoms with van der Waals surface area (Å²) in [5.74, 6) is -1.75. The van der Waals surface area contributed by atoms with Crippen molar-refractivity contribution in [1.29, 1.82) is 0 Å². The monoisotopic (exact) mass is 362 g/mol. The average molecular weight is 363 g/mol. The highest BCUT2D eigenvalue weighted by atomic mass is 79.9. The first-order chi connectivity index (χ1) is 9.76. The molecule has 0 aliphatic carbocycles. The topological polar surface area (TPSA) is 26.3 Å². The minimum absolute atomic E-state index is 0.0276. The second-order valence-corrected chi connectivity index (χ2v) is 4.89. The predicted molar refractivity (Wildman–Crippen MR) is 70.7 cm³/mol. The van der Waals surface area contributed by atoms with Crippen molar-refractivity contribution in [1.82, 2.24) is 0 Å². The van der Waals surface area contributed by atoms with Gasteiger partial charge in [0.2, 0.25) is 0 Å². The van der Waals surface area contributed by atoms with Gasteiger partial charge in [-0.1, -0.05) is 12.1 Å². The molecule has 0 fully saturated rings. The van der Waals surface area contributed by atoms with Crippen molar-refractivity contribution >= 4 is 21.7 Å². The van der Waals surface area contributed by atoms with Gasteiger partial charge in [0.1, 0.15) is 11.6 Å². The fourth-order valence-corrected chi connectivity index (χ4v) is 1.89. The fraction of sp³-hybridized carbons (Fsp3) is 0.0714. The number of ether oxygens (including phenoxy) is 1. The van der Waals surface area contributed by atoms with E-state index in [1.807, 2.05) is 0 Å². The van der Waals surface area contributed by atoms with E-state index in [4.69, 9.17) is 0 Å². The molecule has 0 atom stereocenters. The second kappa shape index (κ2) is 5.85. The summed E-state index contributed by atoms with van der Waals surface area (Å²) in [6, 6.07) is 8.33. The van der Waals surface area contributed by atoms with Gasteiger partial charge in [-0.15, -0.1) is 13.2 Å². The SMILES string of the molecule is O=C(c1cccc(OC(F)(F)F)c1)c1ccc(Br)c(F)c1. The van der Waals surface area contributed by atoms with E-state index in [1.54, 1.807) is 0 Å². The smallest absolute Gasteiger partial charge is 0.406 e. The highest BCUT2D eigenvalue weighted by molar-refractivity contribution is 9.10. The standard InChI is InChI=1S/C14H7BrF4O2/c15-11-5-4-9(7-12(11)16)13(20)8-2-1-3-10(6-8)21-14(17,18)19/h1-7H. The van der Waals surface area contributed by atoms with Crippen LogP contribution in [0, 0.1) is 5.82 Å². The van der Waals surface area contributed by atoms with Gasteiger partial charge in [-0.3, -0.25) is 4.79 Å². The van der Waals surface area contributed by atoms with E-state index < -0.39 is 23.7 Å². The number of hydrogen-bond acceptors (Lipinski definition) is 2. The Balaban J connectivity index is 2.31. The minimum atomic E-state index is -4.84. The summed E-state index contributed by atoms with van der Waals surface area (Å²) in [6.45, 7) is 0. The van der Waals surface area contributed by atoms with E-state index in [1.165, 1.54) is 24.3 Å². The van der Waals surface area contributed by atoms with Gasteiger partial charge in [0.15, 0.2) is 5.78 Å². The van der Waals surface area contributed by atoms with Gasteiger partial charge < -0.3 is 4.74 Å². The van der Waals surface area contributed by atoms with Crippen LogP contribution in [0.1, 0.15) is 15.9 Å². The molecule has 0 saturated heterocycles. The molecule has 2 aromatic carbocycles. The number of benzene rings is 2. The summed E-state index contributed by atoms with van der Waals surface area (Å²) in [5.41, 5.74) is -0.00155. The summed E-state index contributed by atoms with van der Waals surface area (Å²) in [6.07, 6.45) is -4.84. The zero-order valence-electron chi connectivity index (χ0n) is 10.2. The molecule has 0 N–H and O–H groups in total. The predicted octanol–water partition coefficient (Wildman–Crippen LogP) is 4.72. The largest absolute Gasteiger partial charge is 0.573 e. The molecule has 0 unspecified atom stereocenters. The van der Waals surface area contributed by atoms with Crippen LogP contribution in [-0.2, 0) is 0 Å². The molecule has 0 aromatic heterocycles. The first-order valence-electron chi connectivity index (χ1n) is 5.62. The van der Waals surface area contributed by atoms with Gasteiger partial charge in [0.05, 0.1) is 4.47 Å². The fourth-order valence-electron chi connectivity index (χ4n) is 1.64.